The highest BCUT2D eigenvalue weighted by molar-refractivity contribution is 5.89. The van der Waals surface area contributed by atoms with E-state index in [2.05, 4.69) is 15.2 Å². The summed E-state index contributed by atoms with van der Waals surface area (Å²) in [6, 6.07) is 14.6. The molecule has 0 aliphatic carbocycles. The molecule has 0 fully saturated rings. The van der Waals surface area contributed by atoms with Gasteiger partial charge < -0.3 is 14.0 Å². The first-order chi connectivity index (χ1) is 16.9. The Balaban J connectivity index is 1.40. The third-order valence-electron chi connectivity index (χ3n) is 5.78. The van der Waals surface area contributed by atoms with Gasteiger partial charge >= 0.3 is 11.9 Å². The molecule has 4 rings (SSSR count). The molecule has 0 aliphatic heterocycles. The summed E-state index contributed by atoms with van der Waals surface area (Å²) in [5.41, 5.74) is 5.86. The van der Waals surface area contributed by atoms with Crippen LogP contribution in [0.25, 0.3) is 17.1 Å². The van der Waals surface area contributed by atoms with Crippen LogP contribution in [0, 0.1) is 20.8 Å². The number of hydrogen-bond acceptors (Lipinski definition) is 8. The number of methoxy groups -OCH3 is 1. The minimum Gasteiger partial charge on any atom is -0.469 e. The van der Waals surface area contributed by atoms with E-state index in [4.69, 9.17) is 14.0 Å². The van der Waals surface area contributed by atoms with Gasteiger partial charge in [0, 0.05) is 17.7 Å². The molecule has 2 heterocycles. The van der Waals surface area contributed by atoms with Crippen molar-refractivity contribution in [1.82, 2.24) is 19.9 Å². The normalized spacial score (nSPS) is 10.9. The van der Waals surface area contributed by atoms with Crippen LogP contribution in [-0.2, 0) is 27.3 Å². The van der Waals surface area contributed by atoms with E-state index < -0.39 is 5.97 Å². The standard InChI is InChI=1S/C26H26N4O5/c1-16-7-5-6-8-21(16)25-27-23(35-29-25)15-34-26(32)19-9-11-20(12-10-19)30-18(3)22(17(2)28-30)13-14-24(31)33-4/h5-12H,13-15H2,1-4H3. The van der Waals surface area contributed by atoms with Crippen molar-refractivity contribution < 1.29 is 23.6 Å². The summed E-state index contributed by atoms with van der Waals surface area (Å²) in [6.07, 6.45) is 0.844. The summed E-state index contributed by atoms with van der Waals surface area (Å²) in [7, 11) is 1.38. The van der Waals surface area contributed by atoms with Gasteiger partial charge in [-0.25, -0.2) is 9.48 Å². The third kappa shape index (κ3) is 5.29. The Labute approximate surface area is 202 Å². The number of ether oxygens (including phenoxy) is 2. The smallest absolute Gasteiger partial charge is 0.338 e. The van der Waals surface area contributed by atoms with Crippen LogP contribution in [0.3, 0.4) is 0 Å². The number of esters is 2. The Morgan fingerprint density at radius 3 is 2.49 bits per heavy atom. The maximum atomic E-state index is 12.5. The van der Waals surface area contributed by atoms with Gasteiger partial charge in [0.2, 0.25) is 5.82 Å². The van der Waals surface area contributed by atoms with E-state index in [-0.39, 0.29) is 18.5 Å². The van der Waals surface area contributed by atoms with Gasteiger partial charge in [-0.05, 0) is 62.6 Å². The average molecular weight is 475 g/mol. The van der Waals surface area contributed by atoms with Crippen molar-refractivity contribution in [1.29, 1.82) is 0 Å². The zero-order valence-electron chi connectivity index (χ0n) is 20.1. The zero-order chi connectivity index (χ0) is 24.9. The summed E-state index contributed by atoms with van der Waals surface area (Å²) >= 11 is 0. The summed E-state index contributed by atoms with van der Waals surface area (Å²) in [5.74, 6) is -0.0876. The second-order valence-corrected chi connectivity index (χ2v) is 8.09. The van der Waals surface area contributed by atoms with Crippen molar-refractivity contribution in [2.75, 3.05) is 7.11 Å². The largest absolute Gasteiger partial charge is 0.469 e. The van der Waals surface area contributed by atoms with Crippen LogP contribution in [0.15, 0.2) is 53.1 Å². The Morgan fingerprint density at radius 1 is 1.03 bits per heavy atom. The van der Waals surface area contributed by atoms with Gasteiger partial charge in [-0.15, -0.1) is 0 Å². The van der Waals surface area contributed by atoms with Crippen molar-refractivity contribution in [3.05, 3.63) is 82.5 Å². The van der Waals surface area contributed by atoms with Gasteiger partial charge in [0.25, 0.3) is 5.89 Å². The molecule has 0 bridgehead atoms. The lowest BCUT2D eigenvalue weighted by molar-refractivity contribution is -0.140. The average Bonchev–Trinajstić information content (AvgIpc) is 3.45. The molecule has 0 spiro atoms. The number of benzene rings is 2. The van der Waals surface area contributed by atoms with Gasteiger partial charge in [0.15, 0.2) is 6.61 Å². The SMILES string of the molecule is COC(=O)CCc1c(C)nn(-c2ccc(C(=O)OCc3nc(-c4ccccc4C)no3)cc2)c1C. The Morgan fingerprint density at radius 2 is 1.77 bits per heavy atom. The van der Waals surface area contributed by atoms with Gasteiger partial charge in [-0.3, -0.25) is 4.79 Å². The molecule has 35 heavy (non-hydrogen) atoms. The zero-order valence-corrected chi connectivity index (χ0v) is 20.1. The number of rotatable bonds is 8. The predicted molar refractivity (Wildman–Crippen MR) is 127 cm³/mol. The number of carbonyl (C=O) groups is 2. The Hall–Kier alpha value is -4.27. The maximum absolute atomic E-state index is 12.5. The Kier molecular flexibility index (Phi) is 7.05. The first kappa shape index (κ1) is 23.9. The molecular formula is C26H26N4O5. The van der Waals surface area contributed by atoms with E-state index in [1.807, 2.05) is 45.0 Å². The van der Waals surface area contributed by atoms with Gasteiger partial charge in [0.1, 0.15) is 0 Å². The van der Waals surface area contributed by atoms with Crippen LogP contribution in [-0.4, -0.2) is 39.0 Å². The minimum absolute atomic E-state index is 0.125. The molecule has 0 radical (unpaired) electrons. The molecule has 2 aromatic heterocycles. The molecule has 9 nitrogen and oxygen atoms in total. The lowest BCUT2D eigenvalue weighted by atomic mass is 10.1. The summed E-state index contributed by atoms with van der Waals surface area (Å²) in [4.78, 5) is 28.3. The van der Waals surface area contributed by atoms with Crippen molar-refractivity contribution >= 4 is 11.9 Å². The van der Waals surface area contributed by atoms with E-state index >= 15 is 0 Å². The van der Waals surface area contributed by atoms with Crippen LogP contribution < -0.4 is 0 Å². The highest BCUT2D eigenvalue weighted by Crippen LogP contribution is 2.22. The van der Waals surface area contributed by atoms with Gasteiger partial charge in [-0.1, -0.05) is 29.4 Å². The second kappa shape index (κ2) is 10.3. The third-order valence-corrected chi connectivity index (χ3v) is 5.78. The molecule has 0 saturated carbocycles. The van der Waals surface area contributed by atoms with Gasteiger partial charge in [0.05, 0.1) is 24.1 Å². The number of carbonyl (C=O) groups excluding carboxylic acids is 2. The fourth-order valence-corrected chi connectivity index (χ4v) is 3.81. The second-order valence-electron chi connectivity index (χ2n) is 8.09. The lowest BCUT2D eigenvalue weighted by Crippen LogP contribution is -2.06. The monoisotopic (exact) mass is 474 g/mol. The van der Waals surface area contributed by atoms with Crippen molar-refractivity contribution in [2.24, 2.45) is 0 Å². The van der Waals surface area contributed by atoms with E-state index in [0.717, 1.165) is 33.8 Å². The molecule has 0 N–H and O–H groups in total. The minimum atomic E-state index is -0.501. The maximum Gasteiger partial charge on any atom is 0.338 e. The molecule has 0 atom stereocenters. The van der Waals surface area contributed by atoms with E-state index in [1.165, 1.54) is 7.11 Å². The molecule has 4 aromatic rings. The first-order valence-corrected chi connectivity index (χ1v) is 11.2. The summed E-state index contributed by atoms with van der Waals surface area (Å²) in [6.45, 7) is 5.69. The number of nitrogens with zero attached hydrogens (tertiary/aromatic N) is 4. The van der Waals surface area contributed by atoms with Crippen LogP contribution >= 0.6 is 0 Å². The van der Waals surface area contributed by atoms with E-state index in [9.17, 15) is 9.59 Å². The van der Waals surface area contributed by atoms with Gasteiger partial charge in [-0.2, -0.15) is 10.1 Å². The predicted octanol–water partition coefficient (Wildman–Crippen LogP) is 4.31. The van der Waals surface area contributed by atoms with Crippen molar-refractivity contribution in [3.8, 4) is 17.1 Å². The topological polar surface area (TPSA) is 109 Å². The van der Waals surface area contributed by atoms with Crippen LogP contribution in [0.2, 0.25) is 0 Å². The number of aromatic nitrogens is 4. The molecule has 0 unspecified atom stereocenters. The number of hydrogen-bond donors (Lipinski definition) is 0. The molecule has 2 aromatic carbocycles. The fourth-order valence-electron chi connectivity index (χ4n) is 3.81. The Bertz CT molecular complexity index is 1350. The highest BCUT2D eigenvalue weighted by atomic mass is 16.6. The molecule has 0 aliphatic rings. The quantitative estimate of drug-likeness (QED) is 0.348. The van der Waals surface area contributed by atoms with Crippen LogP contribution in [0.1, 0.15) is 45.2 Å². The van der Waals surface area contributed by atoms with E-state index in [0.29, 0.717) is 24.2 Å². The van der Waals surface area contributed by atoms with Crippen LogP contribution in [0.4, 0.5) is 0 Å². The van der Waals surface area contributed by atoms with E-state index in [1.54, 1.807) is 28.9 Å². The molecule has 9 heteroatoms. The van der Waals surface area contributed by atoms with Crippen LogP contribution in [0.5, 0.6) is 0 Å². The summed E-state index contributed by atoms with van der Waals surface area (Å²) in [5, 5.41) is 8.56. The lowest BCUT2D eigenvalue weighted by Gasteiger charge is -2.07. The summed E-state index contributed by atoms with van der Waals surface area (Å²) < 4.78 is 17.1. The fraction of sp³-hybridized carbons (Fsp3) is 0.269. The molecule has 0 amide bonds. The molecular weight excluding hydrogens is 448 g/mol. The number of aryl methyl sites for hydroxylation is 2. The molecule has 0 saturated heterocycles. The van der Waals surface area contributed by atoms with Crippen molar-refractivity contribution in [3.63, 3.8) is 0 Å². The molecule has 180 valence electrons. The first-order valence-electron chi connectivity index (χ1n) is 11.2. The highest BCUT2D eigenvalue weighted by Gasteiger charge is 2.16. The van der Waals surface area contributed by atoms with Crippen molar-refractivity contribution in [2.45, 2.75) is 40.2 Å².